The average molecular weight is 425 g/mol. The van der Waals surface area contributed by atoms with Crippen LogP contribution < -0.4 is 10.6 Å². The number of nitrogens with one attached hydrogen (secondary N) is 2. The molecular weight excluding hydrogens is 380 g/mol. The molecule has 0 aliphatic carbocycles. The highest BCUT2D eigenvalue weighted by molar-refractivity contribution is 6.74. The summed E-state index contributed by atoms with van der Waals surface area (Å²) in [4.78, 5) is 0. The van der Waals surface area contributed by atoms with Crippen LogP contribution in [0.5, 0.6) is 0 Å². The van der Waals surface area contributed by atoms with E-state index in [0.29, 0.717) is 0 Å². The summed E-state index contributed by atoms with van der Waals surface area (Å²) in [5.74, 6) is 0. The van der Waals surface area contributed by atoms with Crippen LogP contribution in [0.2, 0.25) is 12.1 Å². The fourth-order valence-electron chi connectivity index (χ4n) is 2.79. The van der Waals surface area contributed by atoms with E-state index in [0.717, 1.165) is 51.1 Å². The maximum absolute atomic E-state index is 6.41. The third kappa shape index (κ3) is 11.7. The molecule has 2 N–H and O–H groups in total. The normalized spacial score (nSPS) is 12.7. The predicted octanol–water partition coefficient (Wildman–Crippen LogP) is 3.03. The lowest BCUT2D eigenvalue weighted by Crippen LogP contribution is -2.57. The third-order valence-electron chi connectivity index (χ3n) is 4.64. The molecule has 0 saturated carbocycles. The van der Waals surface area contributed by atoms with Crippen LogP contribution in [0.4, 0.5) is 0 Å². The monoisotopic (exact) mass is 424 g/mol. The Morgan fingerprint density at radius 3 is 1.19 bits per heavy atom. The van der Waals surface area contributed by atoms with Gasteiger partial charge in [-0.3, -0.25) is 0 Å². The zero-order valence-corrected chi connectivity index (χ0v) is 20.5. The summed E-state index contributed by atoms with van der Waals surface area (Å²) in [5, 5.41) is 6.91. The van der Waals surface area contributed by atoms with Crippen molar-refractivity contribution < 1.29 is 21.8 Å². The summed E-state index contributed by atoms with van der Waals surface area (Å²) in [6.45, 7) is 8.35. The summed E-state index contributed by atoms with van der Waals surface area (Å²) < 4.78 is 29.4. The number of hydrogen-bond acceptors (Lipinski definition) is 7. The van der Waals surface area contributed by atoms with Gasteiger partial charge in [0.15, 0.2) is 0 Å². The molecule has 0 unspecified atom stereocenters. The van der Waals surface area contributed by atoms with Gasteiger partial charge in [-0.05, 0) is 51.9 Å². The number of hydrogen-bond donors (Lipinski definition) is 2. The SMILES string of the molecule is CCCCNCCC[Si](OC)(OC)O[Si](CCCNCCCC)(OC)OC. The number of unbranched alkanes of at least 4 members (excludes halogenated alkanes) is 2. The van der Waals surface area contributed by atoms with E-state index in [-0.39, 0.29) is 0 Å². The molecule has 0 amide bonds. The van der Waals surface area contributed by atoms with Crippen molar-refractivity contribution >= 4 is 17.6 Å². The van der Waals surface area contributed by atoms with Gasteiger partial charge >= 0.3 is 17.6 Å². The molecule has 0 spiro atoms. The fraction of sp³-hybridized carbons (Fsp3) is 1.00. The van der Waals surface area contributed by atoms with E-state index in [1.54, 1.807) is 28.4 Å². The fourth-order valence-corrected chi connectivity index (χ4v) is 9.21. The lowest BCUT2D eigenvalue weighted by atomic mass is 10.3. The van der Waals surface area contributed by atoms with Crippen LogP contribution in [0.1, 0.15) is 52.4 Å². The van der Waals surface area contributed by atoms with E-state index in [9.17, 15) is 0 Å². The van der Waals surface area contributed by atoms with Crippen LogP contribution in [-0.2, 0) is 21.8 Å². The Balaban J connectivity index is 4.59. The topological polar surface area (TPSA) is 70.2 Å². The van der Waals surface area contributed by atoms with Gasteiger partial charge < -0.3 is 32.5 Å². The minimum atomic E-state index is -2.82. The van der Waals surface area contributed by atoms with E-state index >= 15 is 0 Å². The standard InChI is InChI=1S/C18H44N2O5Si2/c1-7-9-13-19-15-11-17-26(21-3,22-4)25-27(23-5,24-6)18-12-16-20-14-10-8-2/h19-20H,7-18H2,1-6H3. The molecule has 0 bridgehead atoms. The minimum absolute atomic E-state index is 0.745. The molecule has 0 aromatic rings. The zero-order valence-electron chi connectivity index (χ0n) is 18.5. The van der Waals surface area contributed by atoms with Gasteiger partial charge in [0.1, 0.15) is 0 Å². The molecule has 0 saturated heterocycles. The molecule has 0 rings (SSSR count). The van der Waals surface area contributed by atoms with Crippen molar-refractivity contribution in [2.45, 2.75) is 64.5 Å². The lowest BCUT2D eigenvalue weighted by Gasteiger charge is -2.35. The molecule has 0 aromatic heterocycles. The first-order valence-electron chi connectivity index (χ1n) is 10.4. The largest absolute Gasteiger partial charge is 0.493 e. The summed E-state index contributed by atoms with van der Waals surface area (Å²) in [5.41, 5.74) is 0. The smallest absolute Gasteiger partial charge is 0.377 e. The van der Waals surface area contributed by atoms with Gasteiger partial charge in [0.05, 0.1) is 0 Å². The first-order valence-corrected chi connectivity index (χ1v) is 14.3. The molecule has 0 aromatic carbocycles. The quantitative estimate of drug-likeness (QED) is 0.230. The second-order valence-corrected chi connectivity index (χ2v) is 12.9. The number of rotatable bonds is 20. The van der Waals surface area contributed by atoms with Crippen molar-refractivity contribution in [2.24, 2.45) is 0 Å². The van der Waals surface area contributed by atoms with Gasteiger partial charge in [-0.15, -0.1) is 0 Å². The Kier molecular flexibility index (Phi) is 17.1. The van der Waals surface area contributed by atoms with Gasteiger partial charge in [-0.1, -0.05) is 26.7 Å². The van der Waals surface area contributed by atoms with Crippen molar-refractivity contribution in [1.29, 1.82) is 0 Å². The van der Waals surface area contributed by atoms with E-state index < -0.39 is 17.6 Å². The summed E-state index contributed by atoms with van der Waals surface area (Å²) in [6.07, 6.45) is 6.68. The third-order valence-corrected chi connectivity index (χ3v) is 11.6. The molecular formula is C18H44N2O5Si2. The van der Waals surface area contributed by atoms with E-state index in [1.807, 2.05) is 0 Å². The Morgan fingerprint density at radius 1 is 0.556 bits per heavy atom. The Bertz CT molecular complexity index is 303. The molecule has 7 nitrogen and oxygen atoms in total. The molecule has 0 fully saturated rings. The van der Waals surface area contributed by atoms with Crippen molar-refractivity contribution in [3.05, 3.63) is 0 Å². The van der Waals surface area contributed by atoms with E-state index in [2.05, 4.69) is 24.5 Å². The van der Waals surface area contributed by atoms with Crippen LogP contribution in [0.15, 0.2) is 0 Å². The van der Waals surface area contributed by atoms with Crippen molar-refractivity contribution in [3.63, 3.8) is 0 Å². The molecule has 0 aliphatic heterocycles. The zero-order chi connectivity index (χ0) is 20.4. The van der Waals surface area contributed by atoms with Crippen molar-refractivity contribution in [1.82, 2.24) is 10.6 Å². The Labute approximate surface area is 169 Å². The van der Waals surface area contributed by atoms with Crippen molar-refractivity contribution in [3.8, 4) is 0 Å². The van der Waals surface area contributed by atoms with E-state index in [1.165, 1.54) is 25.7 Å². The second-order valence-electron chi connectivity index (χ2n) is 6.70. The lowest BCUT2D eigenvalue weighted by molar-refractivity contribution is 0.0859. The van der Waals surface area contributed by atoms with Crippen LogP contribution in [0, 0.1) is 0 Å². The highest BCUT2D eigenvalue weighted by Gasteiger charge is 2.51. The molecule has 27 heavy (non-hydrogen) atoms. The van der Waals surface area contributed by atoms with Gasteiger partial charge in [-0.25, -0.2) is 0 Å². The molecule has 0 radical (unpaired) electrons. The summed E-state index contributed by atoms with van der Waals surface area (Å²) in [7, 11) is 1.02. The highest BCUT2D eigenvalue weighted by atomic mass is 28.5. The van der Waals surface area contributed by atoms with Crippen LogP contribution in [-0.4, -0.2) is 72.2 Å². The molecule has 9 heteroatoms. The summed E-state index contributed by atoms with van der Waals surface area (Å²) >= 11 is 0. The maximum atomic E-state index is 6.41. The second kappa shape index (κ2) is 17.0. The molecule has 0 aliphatic rings. The maximum Gasteiger partial charge on any atom is 0.493 e. The van der Waals surface area contributed by atoms with Gasteiger partial charge in [0, 0.05) is 40.5 Å². The van der Waals surface area contributed by atoms with Gasteiger partial charge in [-0.2, -0.15) is 0 Å². The first kappa shape index (κ1) is 27.2. The van der Waals surface area contributed by atoms with Gasteiger partial charge in [0.25, 0.3) is 0 Å². The average Bonchev–Trinajstić information content (AvgIpc) is 2.71. The van der Waals surface area contributed by atoms with Crippen LogP contribution in [0.25, 0.3) is 0 Å². The van der Waals surface area contributed by atoms with Crippen LogP contribution >= 0.6 is 0 Å². The molecule has 0 atom stereocenters. The highest BCUT2D eigenvalue weighted by Crippen LogP contribution is 2.26. The van der Waals surface area contributed by atoms with Crippen molar-refractivity contribution in [2.75, 3.05) is 54.6 Å². The minimum Gasteiger partial charge on any atom is -0.377 e. The molecule has 0 heterocycles. The van der Waals surface area contributed by atoms with Gasteiger partial charge in [0.2, 0.25) is 0 Å². The Morgan fingerprint density at radius 2 is 0.889 bits per heavy atom. The van der Waals surface area contributed by atoms with E-state index in [4.69, 9.17) is 21.8 Å². The summed E-state index contributed by atoms with van der Waals surface area (Å²) in [6, 6.07) is 1.49. The van der Waals surface area contributed by atoms with Crippen LogP contribution in [0.3, 0.4) is 0 Å². The molecule has 164 valence electrons. The predicted molar refractivity (Wildman–Crippen MR) is 115 cm³/mol. The first-order chi connectivity index (χ1) is 13.1. The Hall–Kier alpha value is 0.154.